The van der Waals surface area contributed by atoms with E-state index < -0.39 is 5.97 Å². The van der Waals surface area contributed by atoms with Crippen LogP contribution in [0.2, 0.25) is 0 Å². The Hall–Kier alpha value is -1.71. The minimum Gasteiger partial charge on any atom is -0.481 e. The topological polar surface area (TPSA) is 43.8 Å². The Kier molecular flexibility index (Phi) is 6.10. The van der Waals surface area contributed by atoms with Crippen LogP contribution in [0.5, 0.6) is 0 Å². The predicted octanol–water partition coefficient (Wildman–Crippen LogP) is 3.61. The maximum Gasteiger partial charge on any atom is 0.305 e. The van der Waals surface area contributed by atoms with Crippen LogP contribution < -0.4 is 9.80 Å². The van der Waals surface area contributed by atoms with Gasteiger partial charge in [-0.1, -0.05) is 13.8 Å². The molecular weight excluding hydrogens is 276 g/mol. The number of hydrogen-bond donors (Lipinski definition) is 1. The molecule has 2 rings (SSSR count). The van der Waals surface area contributed by atoms with Crippen LogP contribution in [0, 0.1) is 5.92 Å². The lowest BCUT2D eigenvalue weighted by Gasteiger charge is -2.32. The quantitative estimate of drug-likeness (QED) is 0.835. The van der Waals surface area contributed by atoms with Crippen molar-refractivity contribution in [3.63, 3.8) is 0 Å². The third-order valence-corrected chi connectivity index (χ3v) is 4.45. The monoisotopic (exact) mass is 304 g/mol. The minimum atomic E-state index is -0.736. The van der Waals surface area contributed by atoms with Gasteiger partial charge in [-0.25, -0.2) is 0 Å². The van der Waals surface area contributed by atoms with E-state index in [0.717, 1.165) is 37.7 Å². The molecule has 1 saturated heterocycles. The highest BCUT2D eigenvalue weighted by molar-refractivity contribution is 5.68. The SMILES string of the molecule is CCCN(CCC(=O)O)c1ccc(N2CCC(C)CC2)cc1. The summed E-state index contributed by atoms with van der Waals surface area (Å²) in [5, 5.41) is 8.88. The van der Waals surface area contributed by atoms with Gasteiger partial charge in [0.05, 0.1) is 6.42 Å². The summed E-state index contributed by atoms with van der Waals surface area (Å²) in [5.74, 6) is 0.103. The normalized spacial score (nSPS) is 15.8. The Balaban J connectivity index is 2.00. The fourth-order valence-corrected chi connectivity index (χ4v) is 3.01. The zero-order chi connectivity index (χ0) is 15.9. The Morgan fingerprint density at radius 3 is 2.41 bits per heavy atom. The number of nitrogens with zero attached hydrogens (tertiary/aromatic N) is 2. The highest BCUT2D eigenvalue weighted by Gasteiger charge is 2.16. The molecule has 0 aliphatic carbocycles. The average Bonchev–Trinajstić information content (AvgIpc) is 2.52. The fourth-order valence-electron chi connectivity index (χ4n) is 3.01. The summed E-state index contributed by atoms with van der Waals surface area (Å²) in [6.07, 6.45) is 3.74. The van der Waals surface area contributed by atoms with Crippen LogP contribution in [0.3, 0.4) is 0 Å². The number of anilines is 2. The Labute approximate surface area is 133 Å². The molecular formula is C18H28N2O2. The molecule has 0 spiro atoms. The molecule has 122 valence electrons. The molecule has 0 aromatic heterocycles. The molecule has 0 radical (unpaired) electrons. The van der Waals surface area contributed by atoms with Gasteiger partial charge in [-0.3, -0.25) is 4.79 Å². The highest BCUT2D eigenvalue weighted by Crippen LogP contribution is 2.25. The lowest BCUT2D eigenvalue weighted by Crippen LogP contribution is -2.32. The van der Waals surface area contributed by atoms with E-state index in [4.69, 9.17) is 5.11 Å². The van der Waals surface area contributed by atoms with Crippen molar-refractivity contribution in [2.45, 2.75) is 39.5 Å². The van der Waals surface area contributed by atoms with Crippen LogP contribution >= 0.6 is 0 Å². The third-order valence-electron chi connectivity index (χ3n) is 4.45. The van der Waals surface area contributed by atoms with Crippen molar-refractivity contribution in [2.75, 3.05) is 36.0 Å². The van der Waals surface area contributed by atoms with E-state index in [1.165, 1.54) is 18.5 Å². The van der Waals surface area contributed by atoms with Crippen LogP contribution in [-0.4, -0.2) is 37.3 Å². The van der Waals surface area contributed by atoms with E-state index in [1.807, 2.05) is 0 Å². The Morgan fingerprint density at radius 1 is 1.23 bits per heavy atom. The van der Waals surface area contributed by atoms with E-state index >= 15 is 0 Å². The van der Waals surface area contributed by atoms with Crippen molar-refractivity contribution in [3.8, 4) is 0 Å². The fraction of sp³-hybridized carbons (Fsp3) is 0.611. The molecule has 4 nitrogen and oxygen atoms in total. The molecule has 1 aliphatic heterocycles. The van der Waals surface area contributed by atoms with Gasteiger partial charge in [0, 0.05) is 37.6 Å². The van der Waals surface area contributed by atoms with Gasteiger partial charge in [-0.15, -0.1) is 0 Å². The number of carboxylic acid groups (broad SMARTS) is 1. The highest BCUT2D eigenvalue weighted by atomic mass is 16.4. The lowest BCUT2D eigenvalue weighted by atomic mass is 9.99. The van der Waals surface area contributed by atoms with Gasteiger partial charge in [-0.05, 0) is 49.4 Å². The van der Waals surface area contributed by atoms with Crippen molar-refractivity contribution in [1.29, 1.82) is 0 Å². The first-order chi connectivity index (χ1) is 10.6. The zero-order valence-electron chi connectivity index (χ0n) is 13.8. The summed E-state index contributed by atoms with van der Waals surface area (Å²) in [6, 6.07) is 8.61. The van der Waals surface area contributed by atoms with E-state index in [2.05, 4.69) is 47.9 Å². The van der Waals surface area contributed by atoms with Crippen LogP contribution in [0.15, 0.2) is 24.3 Å². The van der Waals surface area contributed by atoms with E-state index in [0.29, 0.717) is 6.54 Å². The van der Waals surface area contributed by atoms with Gasteiger partial charge in [0.1, 0.15) is 0 Å². The van der Waals surface area contributed by atoms with E-state index in [9.17, 15) is 4.79 Å². The molecule has 1 heterocycles. The number of rotatable bonds is 7. The Morgan fingerprint density at radius 2 is 1.86 bits per heavy atom. The maximum atomic E-state index is 10.8. The predicted molar refractivity (Wildman–Crippen MR) is 91.8 cm³/mol. The summed E-state index contributed by atoms with van der Waals surface area (Å²) in [6.45, 7) is 8.19. The van der Waals surface area contributed by atoms with Crippen molar-refractivity contribution in [1.82, 2.24) is 0 Å². The first-order valence-corrected chi connectivity index (χ1v) is 8.42. The number of aliphatic carboxylic acids is 1. The zero-order valence-corrected chi connectivity index (χ0v) is 13.8. The summed E-state index contributed by atoms with van der Waals surface area (Å²) < 4.78 is 0. The number of carbonyl (C=O) groups is 1. The molecule has 4 heteroatoms. The van der Waals surface area contributed by atoms with Crippen molar-refractivity contribution < 1.29 is 9.90 Å². The molecule has 22 heavy (non-hydrogen) atoms. The summed E-state index contributed by atoms with van der Waals surface area (Å²) >= 11 is 0. The average molecular weight is 304 g/mol. The van der Waals surface area contributed by atoms with Crippen LogP contribution in [0.4, 0.5) is 11.4 Å². The first kappa shape index (κ1) is 16.7. The number of benzene rings is 1. The van der Waals surface area contributed by atoms with Gasteiger partial charge < -0.3 is 14.9 Å². The van der Waals surface area contributed by atoms with Crippen molar-refractivity contribution in [3.05, 3.63) is 24.3 Å². The van der Waals surface area contributed by atoms with Crippen LogP contribution in [-0.2, 0) is 4.79 Å². The van der Waals surface area contributed by atoms with Crippen LogP contribution in [0.1, 0.15) is 39.5 Å². The van der Waals surface area contributed by atoms with E-state index in [-0.39, 0.29) is 6.42 Å². The molecule has 1 N–H and O–H groups in total. The third kappa shape index (κ3) is 4.65. The van der Waals surface area contributed by atoms with Gasteiger partial charge in [0.15, 0.2) is 0 Å². The molecule has 1 aromatic rings. The smallest absolute Gasteiger partial charge is 0.305 e. The molecule has 0 saturated carbocycles. The second kappa shape index (κ2) is 8.06. The molecule has 0 bridgehead atoms. The lowest BCUT2D eigenvalue weighted by molar-refractivity contribution is -0.136. The molecule has 0 amide bonds. The second-order valence-corrected chi connectivity index (χ2v) is 6.32. The van der Waals surface area contributed by atoms with Gasteiger partial charge >= 0.3 is 5.97 Å². The molecule has 1 aromatic carbocycles. The summed E-state index contributed by atoms with van der Waals surface area (Å²) in [5.41, 5.74) is 2.41. The largest absolute Gasteiger partial charge is 0.481 e. The van der Waals surface area contributed by atoms with Gasteiger partial charge in [0.25, 0.3) is 0 Å². The van der Waals surface area contributed by atoms with Crippen molar-refractivity contribution in [2.24, 2.45) is 5.92 Å². The standard InChI is InChI=1S/C18H28N2O2/c1-3-11-19(14-10-18(21)22)16-4-6-17(7-5-16)20-12-8-15(2)9-13-20/h4-7,15H,3,8-14H2,1-2H3,(H,21,22). The van der Waals surface area contributed by atoms with Crippen molar-refractivity contribution >= 4 is 17.3 Å². The number of piperidine rings is 1. The maximum absolute atomic E-state index is 10.8. The van der Waals surface area contributed by atoms with Crippen LogP contribution in [0.25, 0.3) is 0 Å². The van der Waals surface area contributed by atoms with E-state index in [1.54, 1.807) is 0 Å². The summed E-state index contributed by atoms with van der Waals surface area (Å²) in [4.78, 5) is 15.4. The number of hydrogen-bond acceptors (Lipinski definition) is 3. The molecule has 1 fully saturated rings. The summed E-state index contributed by atoms with van der Waals surface area (Å²) in [7, 11) is 0. The molecule has 0 unspecified atom stereocenters. The molecule has 0 atom stereocenters. The van der Waals surface area contributed by atoms with Gasteiger partial charge in [-0.2, -0.15) is 0 Å². The molecule has 1 aliphatic rings. The Bertz CT molecular complexity index is 464. The first-order valence-electron chi connectivity index (χ1n) is 8.42. The minimum absolute atomic E-state index is 0.186. The van der Waals surface area contributed by atoms with Gasteiger partial charge in [0.2, 0.25) is 0 Å². The second-order valence-electron chi connectivity index (χ2n) is 6.32. The number of carboxylic acids is 1.